The topological polar surface area (TPSA) is 40.6 Å². The molecule has 1 saturated heterocycles. The Morgan fingerprint density at radius 1 is 0.952 bits per heavy atom. The van der Waals surface area contributed by atoms with Gasteiger partial charge in [-0.15, -0.1) is 0 Å². The Balaban J connectivity index is 1.84. The Morgan fingerprint density at radius 3 is 2.24 bits per heavy atom. The number of nitrogens with zero attached hydrogens (tertiary/aromatic N) is 2. The van der Waals surface area contributed by atoms with Gasteiger partial charge in [-0.3, -0.25) is 14.6 Å². The van der Waals surface area contributed by atoms with Crippen molar-refractivity contribution >= 4 is 46.3 Å². The number of halogens is 1. The molecule has 2 aromatic rings. The van der Waals surface area contributed by atoms with Crippen molar-refractivity contribution in [2.45, 2.75) is 0 Å². The lowest BCUT2D eigenvalue weighted by Crippen LogP contribution is -2.31. The van der Waals surface area contributed by atoms with Gasteiger partial charge in [-0.2, -0.15) is 0 Å². The van der Waals surface area contributed by atoms with Crippen molar-refractivity contribution in [1.29, 1.82) is 0 Å². The zero-order chi connectivity index (χ0) is 14.8. The van der Waals surface area contributed by atoms with Gasteiger partial charge in [-0.25, -0.2) is 4.79 Å². The quantitative estimate of drug-likeness (QED) is 0.592. The summed E-state index contributed by atoms with van der Waals surface area (Å²) in [6.45, 7) is 1.30. The molecule has 0 bridgehead atoms. The monoisotopic (exact) mass is 392 g/mol. The van der Waals surface area contributed by atoms with Crippen LogP contribution < -0.4 is 9.80 Å². The summed E-state index contributed by atoms with van der Waals surface area (Å²) in [7, 11) is 0. The number of benzene rings is 2. The average Bonchev–Trinajstić information content (AvgIpc) is 2.89. The minimum Gasteiger partial charge on any atom is -0.298 e. The van der Waals surface area contributed by atoms with Gasteiger partial charge in [0.15, 0.2) is 0 Å². The molecular formula is C16H13IN2O2. The first-order valence-corrected chi connectivity index (χ1v) is 7.67. The van der Waals surface area contributed by atoms with Gasteiger partial charge in [0.2, 0.25) is 0 Å². The third-order valence-corrected chi connectivity index (χ3v) is 4.14. The Morgan fingerprint density at radius 2 is 1.62 bits per heavy atom. The second kappa shape index (κ2) is 5.85. The summed E-state index contributed by atoms with van der Waals surface area (Å²) in [6, 6.07) is 14.9. The van der Waals surface area contributed by atoms with Crippen LogP contribution in [0.5, 0.6) is 0 Å². The molecular weight excluding hydrogens is 379 g/mol. The molecule has 0 aromatic heterocycles. The van der Waals surface area contributed by atoms with Crippen molar-refractivity contribution in [3.05, 3.63) is 57.7 Å². The fraction of sp³-hybridized carbons (Fsp3) is 0.125. The molecule has 4 nitrogen and oxygen atoms in total. The summed E-state index contributed by atoms with van der Waals surface area (Å²) in [5.41, 5.74) is 2.34. The van der Waals surface area contributed by atoms with Crippen molar-refractivity contribution in [2.75, 3.05) is 22.9 Å². The predicted octanol–water partition coefficient (Wildman–Crippen LogP) is 3.55. The van der Waals surface area contributed by atoms with E-state index in [4.69, 9.17) is 0 Å². The molecule has 2 amide bonds. The molecule has 21 heavy (non-hydrogen) atoms. The van der Waals surface area contributed by atoms with Crippen molar-refractivity contribution in [3.8, 4) is 0 Å². The molecule has 1 aliphatic heterocycles. The molecule has 1 fully saturated rings. The zero-order valence-corrected chi connectivity index (χ0v) is 13.4. The largest absolute Gasteiger partial charge is 0.329 e. The van der Waals surface area contributed by atoms with E-state index in [0.717, 1.165) is 21.2 Å². The van der Waals surface area contributed by atoms with Crippen LogP contribution >= 0.6 is 22.6 Å². The van der Waals surface area contributed by atoms with Crippen LogP contribution in [0.1, 0.15) is 10.4 Å². The predicted molar refractivity (Wildman–Crippen MR) is 91.1 cm³/mol. The molecule has 2 aromatic carbocycles. The van der Waals surface area contributed by atoms with Crippen LogP contribution in [-0.2, 0) is 0 Å². The van der Waals surface area contributed by atoms with E-state index in [1.54, 1.807) is 34.1 Å². The van der Waals surface area contributed by atoms with Crippen LogP contribution in [0, 0.1) is 3.57 Å². The molecule has 0 saturated carbocycles. The van der Waals surface area contributed by atoms with E-state index >= 15 is 0 Å². The minimum atomic E-state index is -0.0316. The highest BCUT2D eigenvalue weighted by Gasteiger charge is 2.30. The number of hydrogen-bond acceptors (Lipinski definition) is 2. The number of hydrogen-bond donors (Lipinski definition) is 0. The Kier molecular flexibility index (Phi) is 3.92. The maximum absolute atomic E-state index is 12.6. The van der Waals surface area contributed by atoms with Gasteiger partial charge in [-0.05, 0) is 65.1 Å². The molecule has 1 heterocycles. The van der Waals surface area contributed by atoms with Crippen LogP contribution in [0.25, 0.3) is 0 Å². The van der Waals surface area contributed by atoms with Gasteiger partial charge < -0.3 is 0 Å². The normalized spacial score (nSPS) is 14.6. The number of anilines is 2. The SMILES string of the molecule is O=Cc1ccc(N2CCN(c3cccc(I)c3)C2=O)cc1. The van der Waals surface area contributed by atoms with Gasteiger partial charge in [0.05, 0.1) is 0 Å². The Labute approximate surface area is 136 Å². The molecule has 0 spiro atoms. The lowest BCUT2D eigenvalue weighted by Gasteiger charge is -2.19. The fourth-order valence-corrected chi connectivity index (χ4v) is 2.92. The summed E-state index contributed by atoms with van der Waals surface area (Å²) >= 11 is 2.24. The number of aldehydes is 1. The van der Waals surface area contributed by atoms with Crippen molar-refractivity contribution in [1.82, 2.24) is 0 Å². The van der Waals surface area contributed by atoms with Crippen molar-refractivity contribution < 1.29 is 9.59 Å². The van der Waals surface area contributed by atoms with Crippen LogP contribution in [-0.4, -0.2) is 25.4 Å². The molecule has 106 valence electrons. The molecule has 0 aliphatic carbocycles. The summed E-state index contributed by atoms with van der Waals surface area (Å²) in [5.74, 6) is 0. The summed E-state index contributed by atoms with van der Waals surface area (Å²) in [4.78, 5) is 26.7. The number of carbonyl (C=O) groups is 2. The molecule has 0 unspecified atom stereocenters. The van der Waals surface area contributed by atoms with Crippen molar-refractivity contribution in [2.24, 2.45) is 0 Å². The van der Waals surface area contributed by atoms with E-state index in [9.17, 15) is 9.59 Å². The number of amides is 2. The highest BCUT2D eigenvalue weighted by atomic mass is 127. The van der Waals surface area contributed by atoms with Crippen molar-refractivity contribution in [3.63, 3.8) is 0 Å². The molecule has 0 radical (unpaired) electrons. The molecule has 3 rings (SSSR count). The first-order chi connectivity index (χ1) is 10.2. The first-order valence-electron chi connectivity index (χ1n) is 6.59. The fourth-order valence-electron chi connectivity index (χ4n) is 2.39. The molecule has 5 heteroatoms. The molecule has 1 aliphatic rings. The van der Waals surface area contributed by atoms with Crippen LogP contribution in [0.2, 0.25) is 0 Å². The first kappa shape index (κ1) is 14.1. The van der Waals surface area contributed by atoms with Crippen LogP contribution in [0.3, 0.4) is 0 Å². The second-order valence-corrected chi connectivity index (χ2v) is 6.02. The third-order valence-electron chi connectivity index (χ3n) is 3.47. The lowest BCUT2D eigenvalue weighted by molar-refractivity contribution is 0.112. The number of carbonyl (C=O) groups excluding carboxylic acids is 2. The summed E-state index contributed by atoms with van der Waals surface area (Å²) < 4.78 is 1.10. The van der Waals surface area contributed by atoms with Gasteiger partial charge in [0, 0.05) is 33.6 Å². The highest BCUT2D eigenvalue weighted by Crippen LogP contribution is 2.26. The van der Waals surface area contributed by atoms with Gasteiger partial charge >= 0.3 is 6.03 Å². The van der Waals surface area contributed by atoms with E-state index in [2.05, 4.69) is 22.6 Å². The van der Waals surface area contributed by atoms with Gasteiger partial charge in [0.25, 0.3) is 0 Å². The smallest absolute Gasteiger partial charge is 0.298 e. The van der Waals surface area contributed by atoms with Crippen LogP contribution in [0.4, 0.5) is 16.2 Å². The van der Waals surface area contributed by atoms with E-state index in [1.807, 2.05) is 24.3 Å². The van der Waals surface area contributed by atoms with Gasteiger partial charge in [0.1, 0.15) is 6.29 Å². The molecule has 0 N–H and O–H groups in total. The van der Waals surface area contributed by atoms with E-state index in [-0.39, 0.29) is 6.03 Å². The minimum absolute atomic E-state index is 0.0316. The lowest BCUT2D eigenvalue weighted by atomic mass is 10.2. The Bertz CT molecular complexity index is 685. The highest BCUT2D eigenvalue weighted by molar-refractivity contribution is 14.1. The summed E-state index contributed by atoms with van der Waals surface area (Å²) in [5, 5.41) is 0. The standard InChI is InChI=1S/C16H13IN2O2/c17-13-2-1-3-15(10-13)19-9-8-18(16(19)21)14-6-4-12(11-20)5-7-14/h1-7,10-11H,8-9H2. The number of urea groups is 1. The summed E-state index contributed by atoms with van der Waals surface area (Å²) in [6.07, 6.45) is 0.799. The Hall–Kier alpha value is -1.89. The average molecular weight is 392 g/mol. The van der Waals surface area contributed by atoms with E-state index in [1.165, 1.54) is 0 Å². The van der Waals surface area contributed by atoms with Crippen LogP contribution in [0.15, 0.2) is 48.5 Å². The van der Waals surface area contributed by atoms with Gasteiger partial charge in [-0.1, -0.05) is 6.07 Å². The second-order valence-electron chi connectivity index (χ2n) is 4.78. The maximum atomic E-state index is 12.6. The maximum Gasteiger partial charge on any atom is 0.329 e. The number of rotatable bonds is 3. The third kappa shape index (κ3) is 2.78. The van der Waals surface area contributed by atoms with E-state index in [0.29, 0.717) is 18.7 Å². The molecule has 0 atom stereocenters. The van der Waals surface area contributed by atoms with E-state index < -0.39 is 0 Å². The zero-order valence-electron chi connectivity index (χ0n) is 11.2.